The third-order valence-corrected chi connectivity index (χ3v) is 4.83. The van der Waals surface area contributed by atoms with Crippen LogP contribution in [-0.2, 0) is 4.79 Å². The summed E-state index contributed by atoms with van der Waals surface area (Å²) in [7, 11) is 3.16. The number of nitrogens with one attached hydrogen (secondary N) is 1. The molecule has 4 heterocycles. The van der Waals surface area contributed by atoms with E-state index in [1.165, 1.54) is 12.8 Å². The summed E-state index contributed by atoms with van der Waals surface area (Å²) in [5, 5.41) is 2.68. The number of aromatic nitrogens is 4. The molecule has 3 aromatic rings. The zero-order valence-electron chi connectivity index (χ0n) is 16.0. The predicted molar refractivity (Wildman–Crippen MR) is 104 cm³/mol. The number of hydrogen-bond acceptors (Lipinski definition) is 6. The molecule has 2 fully saturated rings. The minimum Gasteiger partial charge on any atom is -0.491 e. The van der Waals surface area contributed by atoms with E-state index in [4.69, 9.17) is 9.47 Å². The van der Waals surface area contributed by atoms with Crippen molar-refractivity contribution in [2.75, 3.05) is 20.8 Å². The van der Waals surface area contributed by atoms with Crippen molar-refractivity contribution in [3.63, 3.8) is 0 Å². The molecule has 1 saturated heterocycles. The van der Waals surface area contributed by atoms with Crippen molar-refractivity contribution in [2.45, 2.75) is 31.7 Å². The van der Waals surface area contributed by atoms with Gasteiger partial charge >= 0.3 is 0 Å². The van der Waals surface area contributed by atoms with E-state index in [0.717, 1.165) is 41.7 Å². The summed E-state index contributed by atoms with van der Waals surface area (Å²) >= 11 is 0. The van der Waals surface area contributed by atoms with Gasteiger partial charge in [0.15, 0.2) is 5.75 Å². The first-order valence-corrected chi connectivity index (χ1v) is 9.37. The molecule has 0 bridgehead atoms. The highest BCUT2D eigenvalue weighted by molar-refractivity contribution is 5.80. The second kappa shape index (κ2) is 7.84. The maximum atomic E-state index is 10.1. The van der Waals surface area contributed by atoms with Crippen LogP contribution in [0.2, 0.25) is 0 Å². The van der Waals surface area contributed by atoms with E-state index in [2.05, 4.69) is 24.8 Å². The van der Waals surface area contributed by atoms with E-state index in [0.29, 0.717) is 17.7 Å². The average Bonchev–Trinajstić information content (AvgIpc) is 3.31. The van der Waals surface area contributed by atoms with Crippen LogP contribution in [0.1, 0.15) is 31.7 Å². The van der Waals surface area contributed by atoms with E-state index in [1.807, 2.05) is 24.7 Å². The molecule has 1 aliphatic carbocycles. The highest BCUT2D eigenvalue weighted by Gasteiger charge is 2.25. The Morgan fingerprint density at radius 3 is 2.57 bits per heavy atom. The van der Waals surface area contributed by atoms with Crippen LogP contribution in [-0.4, -0.2) is 46.2 Å². The van der Waals surface area contributed by atoms with Crippen LogP contribution in [0.5, 0.6) is 11.6 Å². The predicted octanol–water partition coefficient (Wildman–Crippen LogP) is 2.74. The Morgan fingerprint density at radius 2 is 1.96 bits per heavy atom. The minimum atomic E-state index is 0.204. The Kier molecular flexibility index (Phi) is 5.10. The molecule has 146 valence electrons. The van der Waals surface area contributed by atoms with Crippen molar-refractivity contribution >= 4 is 16.9 Å². The Balaban J connectivity index is 0.000000275. The van der Waals surface area contributed by atoms with Gasteiger partial charge in [-0.25, -0.2) is 9.97 Å². The first-order chi connectivity index (χ1) is 13.7. The molecule has 5 rings (SSSR count). The fraction of sp³-hybridized carbons (Fsp3) is 0.400. The van der Waals surface area contributed by atoms with E-state index >= 15 is 0 Å². The van der Waals surface area contributed by atoms with Gasteiger partial charge in [0, 0.05) is 30.8 Å². The Labute approximate surface area is 162 Å². The fourth-order valence-corrected chi connectivity index (χ4v) is 3.16. The Bertz CT molecular complexity index is 989. The van der Waals surface area contributed by atoms with E-state index in [1.54, 1.807) is 20.4 Å². The number of amides is 1. The van der Waals surface area contributed by atoms with Gasteiger partial charge in [0.25, 0.3) is 5.88 Å². The lowest BCUT2D eigenvalue weighted by atomic mass is 10.2. The van der Waals surface area contributed by atoms with Crippen molar-refractivity contribution < 1.29 is 14.3 Å². The molecule has 0 unspecified atom stereocenters. The van der Waals surface area contributed by atoms with Gasteiger partial charge in [0.05, 0.1) is 43.5 Å². The number of nitrogens with zero attached hydrogens (tertiary/aromatic N) is 4. The van der Waals surface area contributed by atoms with E-state index in [-0.39, 0.29) is 5.91 Å². The molecule has 1 N–H and O–H groups in total. The molecule has 28 heavy (non-hydrogen) atoms. The summed E-state index contributed by atoms with van der Waals surface area (Å²) < 4.78 is 12.7. The van der Waals surface area contributed by atoms with Crippen LogP contribution in [0.3, 0.4) is 0 Å². The standard InChI is InChI=1S/C16H16N4O2.C4H7NO/c1-21-15-5-10(7-18-16(15)22-2)12-6-13-14(8-17-12)20(9-19-13)11-3-4-11;6-4-2-1-3-5-4/h5-9,11H,3-4H2,1-2H3;1-3H2,(H,5,6). The molecule has 1 amide bonds. The van der Waals surface area contributed by atoms with Gasteiger partial charge < -0.3 is 19.4 Å². The van der Waals surface area contributed by atoms with Gasteiger partial charge in [-0.1, -0.05) is 0 Å². The van der Waals surface area contributed by atoms with Crippen molar-refractivity contribution in [2.24, 2.45) is 0 Å². The first-order valence-electron chi connectivity index (χ1n) is 9.37. The zero-order valence-corrected chi connectivity index (χ0v) is 16.0. The number of rotatable bonds is 4. The molecule has 1 saturated carbocycles. The van der Waals surface area contributed by atoms with Crippen molar-refractivity contribution in [1.82, 2.24) is 24.8 Å². The van der Waals surface area contributed by atoms with Crippen LogP contribution in [0.15, 0.2) is 30.9 Å². The van der Waals surface area contributed by atoms with Crippen LogP contribution in [0.25, 0.3) is 22.3 Å². The fourth-order valence-electron chi connectivity index (χ4n) is 3.16. The van der Waals surface area contributed by atoms with Gasteiger partial charge in [-0.3, -0.25) is 9.78 Å². The second-order valence-electron chi connectivity index (χ2n) is 6.83. The van der Waals surface area contributed by atoms with Crippen LogP contribution in [0.4, 0.5) is 0 Å². The molecular weight excluding hydrogens is 358 g/mol. The highest BCUT2D eigenvalue weighted by atomic mass is 16.5. The molecular formula is C20H23N5O3. The summed E-state index contributed by atoms with van der Waals surface area (Å²) in [6.45, 7) is 0.888. The number of imidazole rings is 1. The molecule has 3 aromatic heterocycles. The largest absolute Gasteiger partial charge is 0.491 e. The number of methoxy groups -OCH3 is 2. The number of carbonyl (C=O) groups excluding carboxylic acids is 1. The number of ether oxygens (including phenoxy) is 2. The topological polar surface area (TPSA) is 91.2 Å². The number of carbonyl (C=O) groups is 1. The SMILES string of the molecule is COc1cc(-c2cc3ncn(C4CC4)c3cn2)cnc1OC.O=C1CCCN1. The first kappa shape index (κ1) is 18.2. The molecule has 2 aliphatic rings. The maximum Gasteiger partial charge on any atom is 0.256 e. The summed E-state index contributed by atoms with van der Waals surface area (Å²) in [5.74, 6) is 1.26. The van der Waals surface area contributed by atoms with Crippen molar-refractivity contribution in [3.05, 3.63) is 30.9 Å². The third kappa shape index (κ3) is 3.76. The Hall–Kier alpha value is -3.16. The van der Waals surface area contributed by atoms with Crippen LogP contribution >= 0.6 is 0 Å². The van der Waals surface area contributed by atoms with E-state index in [9.17, 15) is 4.79 Å². The highest BCUT2D eigenvalue weighted by Crippen LogP contribution is 2.37. The lowest BCUT2D eigenvalue weighted by Crippen LogP contribution is -2.12. The molecule has 0 radical (unpaired) electrons. The zero-order chi connectivity index (χ0) is 19.5. The van der Waals surface area contributed by atoms with Crippen molar-refractivity contribution in [1.29, 1.82) is 0 Å². The van der Waals surface area contributed by atoms with Gasteiger partial charge in [-0.15, -0.1) is 0 Å². The minimum absolute atomic E-state index is 0.204. The van der Waals surface area contributed by atoms with Gasteiger partial charge in [0.1, 0.15) is 0 Å². The van der Waals surface area contributed by atoms with Crippen LogP contribution < -0.4 is 14.8 Å². The summed E-state index contributed by atoms with van der Waals surface area (Å²) in [4.78, 5) is 23.4. The molecule has 0 atom stereocenters. The van der Waals surface area contributed by atoms with Gasteiger partial charge in [-0.2, -0.15) is 0 Å². The monoisotopic (exact) mass is 381 g/mol. The number of fused-ring (bicyclic) bond motifs is 1. The summed E-state index contributed by atoms with van der Waals surface area (Å²) in [6, 6.07) is 4.45. The lowest BCUT2D eigenvalue weighted by Gasteiger charge is -2.08. The smallest absolute Gasteiger partial charge is 0.256 e. The van der Waals surface area contributed by atoms with Crippen molar-refractivity contribution in [3.8, 4) is 22.9 Å². The normalized spacial score (nSPS) is 15.7. The molecule has 8 nitrogen and oxygen atoms in total. The molecule has 8 heteroatoms. The van der Waals surface area contributed by atoms with Gasteiger partial charge in [-0.05, 0) is 31.4 Å². The van der Waals surface area contributed by atoms with Gasteiger partial charge in [0.2, 0.25) is 5.91 Å². The summed E-state index contributed by atoms with van der Waals surface area (Å²) in [5.41, 5.74) is 3.73. The Morgan fingerprint density at radius 1 is 1.11 bits per heavy atom. The quantitative estimate of drug-likeness (QED) is 0.747. The molecule has 1 aliphatic heterocycles. The average molecular weight is 381 g/mol. The van der Waals surface area contributed by atoms with E-state index < -0.39 is 0 Å². The number of hydrogen-bond donors (Lipinski definition) is 1. The molecule has 0 spiro atoms. The molecule has 0 aromatic carbocycles. The summed E-state index contributed by atoms with van der Waals surface area (Å²) in [6.07, 6.45) is 9.74. The third-order valence-electron chi connectivity index (χ3n) is 4.83. The second-order valence-corrected chi connectivity index (χ2v) is 6.83. The number of pyridine rings is 2. The lowest BCUT2D eigenvalue weighted by molar-refractivity contribution is -0.119. The maximum absolute atomic E-state index is 10.1. The van der Waals surface area contributed by atoms with Crippen LogP contribution in [0, 0.1) is 0 Å².